The number of primary amides is 1. The predicted molar refractivity (Wildman–Crippen MR) is 69.9 cm³/mol. The predicted octanol–water partition coefficient (Wildman–Crippen LogP) is 0.686. The highest BCUT2D eigenvalue weighted by atomic mass is 16.5. The van der Waals surface area contributed by atoms with Crippen LogP contribution in [-0.4, -0.2) is 18.9 Å². The lowest BCUT2D eigenvalue weighted by Crippen LogP contribution is -2.28. The Bertz CT molecular complexity index is 509. The number of nitrogens with one attached hydrogen (secondary N) is 2. The topological polar surface area (TPSA) is 114 Å². The first-order valence-electron chi connectivity index (χ1n) is 5.22. The largest absolute Gasteiger partial charge is 0.481 e. The van der Waals surface area contributed by atoms with Crippen LogP contribution in [-0.2, 0) is 9.53 Å². The smallest absolute Gasteiger partial charge is 0.257 e. The maximum atomic E-state index is 11.2. The molecule has 1 amide bonds. The van der Waals surface area contributed by atoms with E-state index < -0.39 is 5.91 Å². The normalized spacial score (nSPS) is 11.4. The van der Waals surface area contributed by atoms with E-state index in [4.69, 9.17) is 16.9 Å². The highest BCUT2D eigenvalue weighted by Gasteiger charge is 2.17. The number of methoxy groups -OCH3 is 1. The molecule has 0 aromatic heterocycles. The molecule has 0 saturated heterocycles. The van der Waals surface area contributed by atoms with Crippen molar-refractivity contribution in [2.75, 3.05) is 12.4 Å². The van der Waals surface area contributed by atoms with Gasteiger partial charge in [-0.25, -0.2) is 0 Å². The van der Waals surface area contributed by atoms with Crippen LogP contribution in [0, 0.1) is 12.3 Å². The molecule has 0 aliphatic rings. The molecule has 6 nitrogen and oxygen atoms in total. The summed E-state index contributed by atoms with van der Waals surface area (Å²) in [5.41, 5.74) is 12.4. The van der Waals surface area contributed by atoms with E-state index in [1.165, 1.54) is 7.11 Å². The molecule has 0 spiro atoms. The van der Waals surface area contributed by atoms with E-state index in [0.717, 1.165) is 5.56 Å². The minimum atomic E-state index is -0.820. The van der Waals surface area contributed by atoms with Gasteiger partial charge in [-0.05, 0) is 24.6 Å². The third kappa shape index (κ3) is 3.24. The van der Waals surface area contributed by atoms with E-state index in [1.807, 2.05) is 25.1 Å². The van der Waals surface area contributed by atoms with Gasteiger partial charge in [-0.1, -0.05) is 12.1 Å². The fraction of sp³-hybridized carbons (Fsp3) is 0.167. The van der Waals surface area contributed by atoms with E-state index in [-0.39, 0.29) is 17.3 Å². The molecule has 0 heterocycles. The zero-order chi connectivity index (χ0) is 13.7. The van der Waals surface area contributed by atoms with Crippen molar-refractivity contribution in [2.45, 2.75) is 6.92 Å². The van der Waals surface area contributed by atoms with Crippen LogP contribution in [0.1, 0.15) is 5.56 Å². The molecular formula is C12H16N4O2. The monoisotopic (exact) mass is 248 g/mol. The Morgan fingerprint density at radius 1 is 1.39 bits per heavy atom. The summed E-state index contributed by atoms with van der Waals surface area (Å²) < 4.78 is 4.66. The summed E-state index contributed by atoms with van der Waals surface area (Å²) in [5, 5.41) is 10.3. The van der Waals surface area contributed by atoms with Gasteiger partial charge in [0.2, 0.25) is 5.90 Å². The molecule has 0 saturated carbocycles. The number of aryl methyl sites for hydroxylation is 1. The molecule has 6 N–H and O–H groups in total. The number of carbonyl (C=O) groups excluding carboxylic acids is 1. The molecular weight excluding hydrogens is 232 g/mol. The van der Waals surface area contributed by atoms with Crippen molar-refractivity contribution in [1.29, 1.82) is 5.41 Å². The molecule has 1 aromatic rings. The van der Waals surface area contributed by atoms with Crippen LogP contribution in [0.2, 0.25) is 0 Å². The second kappa shape index (κ2) is 5.72. The van der Waals surface area contributed by atoms with Crippen LogP contribution in [0.3, 0.4) is 0 Å². The summed E-state index contributed by atoms with van der Waals surface area (Å²) in [4.78, 5) is 11.2. The average molecular weight is 248 g/mol. The molecule has 0 unspecified atom stereocenters. The van der Waals surface area contributed by atoms with Gasteiger partial charge in [0.05, 0.1) is 7.11 Å². The number of benzene rings is 1. The van der Waals surface area contributed by atoms with E-state index in [0.29, 0.717) is 5.69 Å². The molecule has 1 aromatic carbocycles. The van der Waals surface area contributed by atoms with Gasteiger partial charge in [0, 0.05) is 5.69 Å². The number of anilines is 1. The average Bonchev–Trinajstić information content (AvgIpc) is 2.28. The summed E-state index contributed by atoms with van der Waals surface area (Å²) in [5.74, 6) is -1.21. The van der Waals surface area contributed by atoms with Gasteiger partial charge < -0.3 is 21.5 Å². The quantitative estimate of drug-likeness (QED) is 0.356. The van der Waals surface area contributed by atoms with E-state index in [1.54, 1.807) is 6.07 Å². The zero-order valence-corrected chi connectivity index (χ0v) is 10.3. The molecule has 96 valence electrons. The van der Waals surface area contributed by atoms with Gasteiger partial charge in [-0.3, -0.25) is 10.2 Å². The summed E-state index contributed by atoms with van der Waals surface area (Å²) in [6.07, 6.45) is 0. The van der Waals surface area contributed by atoms with Crippen LogP contribution in [0.25, 0.3) is 0 Å². The van der Waals surface area contributed by atoms with Crippen molar-refractivity contribution in [3.63, 3.8) is 0 Å². The molecule has 0 bridgehead atoms. The van der Waals surface area contributed by atoms with Gasteiger partial charge in [0.25, 0.3) is 5.91 Å². The van der Waals surface area contributed by atoms with Crippen molar-refractivity contribution < 1.29 is 9.53 Å². The van der Waals surface area contributed by atoms with E-state index in [9.17, 15) is 4.79 Å². The van der Waals surface area contributed by atoms with Crippen LogP contribution >= 0.6 is 0 Å². The van der Waals surface area contributed by atoms with Crippen LogP contribution < -0.4 is 16.8 Å². The minimum Gasteiger partial charge on any atom is -0.481 e. The van der Waals surface area contributed by atoms with Gasteiger partial charge in [-0.2, -0.15) is 0 Å². The second-order valence-electron chi connectivity index (χ2n) is 3.68. The standard InChI is InChI=1S/C12H16N4O2/c1-7-4-3-5-8(6-7)16-10(13)9(11(14)17)12(15)18-2/h3-6,15-16H,13H2,1-2H3,(H2,14,17)/b10-9+,15-12?. The summed E-state index contributed by atoms with van der Waals surface area (Å²) in [6.45, 7) is 1.93. The van der Waals surface area contributed by atoms with E-state index >= 15 is 0 Å². The lowest BCUT2D eigenvalue weighted by Gasteiger charge is -2.11. The summed E-state index contributed by atoms with van der Waals surface area (Å²) in [7, 11) is 1.27. The first-order chi connectivity index (χ1) is 8.45. The molecule has 1 rings (SSSR count). The summed E-state index contributed by atoms with van der Waals surface area (Å²) >= 11 is 0. The number of carbonyl (C=O) groups is 1. The third-order valence-corrected chi connectivity index (χ3v) is 2.24. The Labute approximate surface area is 105 Å². The van der Waals surface area contributed by atoms with E-state index in [2.05, 4.69) is 10.1 Å². The third-order valence-electron chi connectivity index (χ3n) is 2.24. The van der Waals surface area contributed by atoms with Gasteiger partial charge in [0.1, 0.15) is 11.4 Å². The molecule has 0 atom stereocenters. The Morgan fingerprint density at radius 2 is 2.06 bits per heavy atom. The fourth-order valence-corrected chi connectivity index (χ4v) is 1.41. The van der Waals surface area contributed by atoms with Gasteiger partial charge in [0.15, 0.2) is 0 Å². The number of nitrogens with two attached hydrogens (primary N) is 2. The van der Waals surface area contributed by atoms with Crippen molar-refractivity contribution in [3.05, 3.63) is 41.2 Å². The Hall–Kier alpha value is -2.50. The zero-order valence-electron chi connectivity index (χ0n) is 10.3. The SMILES string of the molecule is COC(=N)/C(C(N)=O)=C(\N)Nc1cccc(C)c1. The first-order valence-corrected chi connectivity index (χ1v) is 5.22. The van der Waals surface area contributed by atoms with Gasteiger partial charge in [-0.15, -0.1) is 0 Å². The van der Waals surface area contributed by atoms with Crippen LogP contribution in [0.5, 0.6) is 0 Å². The molecule has 0 fully saturated rings. The lowest BCUT2D eigenvalue weighted by atomic mass is 10.2. The van der Waals surface area contributed by atoms with Crippen molar-refractivity contribution in [3.8, 4) is 0 Å². The molecule has 0 aliphatic heterocycles. The second-order valence-corrected chi connectivity index (χ2v) is 3.68. The number of rotatable bonds is 4. The molecule has 0 aliphatic carbocycles. The fourth-order valence-electron chi connectivity index (χ4n) is 1.41. The van der Waals surface area contributed by atoms with Crippen molar-refractivity contribution in [1.82, 2.24) is 0 Å². The highest BCUT2D eigenvalue weighted by Crippen LogP contribution is 2.12. The highest BCUT2D eigenvalue weighted by molar-refractivity contribution is 6.17. The maximum absolute atomic E-state index is 11.2. The Balaban J connectivity index is 3.06. The summed E-state index contributed by atoms with van der Waals surface area (Å²) in [6, 6.07) is 7.41. The Kier molecular flexibility index (Phi) is 4.31. The number of hydrogen-bond acceptors (Lipinski definition) is 5. The number of ether oxygens (including phenoxy) is 1. The van der Waals surface area contributed by atoms with Gasteiger partial charge >= 0.3 is 0 Å². The minimum absolute atomic E-state index is 0.0139. The number of hydrogen-bond donors (Lipinski definition) is 4. The first kappa shape index (κ1) is 13.6. The lowest BCUT2D eigenvalue weighted by molar-refractivity contribution is -0.114. The number of amides is 1. The molecule has 6 heteroatoms. The van der Waals surface area contributed by atoms with Crippen molar-refractivity contribution in [2.24, 2.45) is 11.5 Å². The van der Waals surface area contributed by atoms with Crippen LogP contribution in [0.4, 0.5) is 5.69 Å². The van der Waals surface area contributed by atoms with Crippen molar-refractivity contribution >= 4 is 17.5 Å². The maximum Gasteiger partial charge on any atom is 0.257 e. The molecule has 0 radical (unpaired) electrons. The molecule has 18 heavy (non-hydrogen) atoms. The Morgan fingerprint density at radius 3 is 2.56 bits per heavy atom. The van der Waals surface area contributed by atoms with Crippen LogP contribution in [0.15, 0.2) is 35.7 Å².